The summed E-state index contributed by atoms with van der Waals surface area (Å²) in [6.07, 6.45) is 6.77. The zero-order valence-corrected chi connectivity index (χ0v) is 27.4. The molecule has 1 aromatic heterocycles. The number of nitrogens with one attached hydrogen (secondary N) is 2. The molecule has 244 valence electrons. The summed E-state index contributed by atoms with van der Waals surface area (Å²) >= 11 is 0. The van der Waals surface area contributed by atoms with Gasteiger partial charge in [0.1, 0.15) is 11.5 Å². The van der Waals surface area contributed by atoms with Crippen LogP contribution >= 0.6 is 0 Å². The lowest BCUT2D eigenvalue weighted by Gasteiger charge is -2.16. The Bertz CT molecular complexity index is 1390. The molecule has 3 aromatic carbocycles. The molecule has 1 heterocycles. The summed E-state index contributed by atoms with van der Waals surface area (Å²) in [5, 5.41) is 6.04. The minimum absolute atomic E-state index is 0.0740. The molecule has 2 N–H and O–H groups in total. The van der Waals surface area contributed by atoms with Gasteiger partial charge in [0.2, 0.25) is 11.8 Å². The van der Waals surface area contributed by atoms with Crippen molar-refractivity contribution >= 4 is 5.91 Å². The third kappa shape index (κ3) is 11.5. The number of hydrogen-bond acceptors (Lipinski definition) is 6. The van der Waals surface area contributed by atoms with E-state index >= 15 is 0 Å². The standard InChI is InChI=1S/C39H49N3O4/c1-3-16-34-36(21-13-22-37(34)45-28-14-23-38(43)41-25-15-24-40-2)44-26-11-6-12-27-46-39-30-33(31-17-7-4-8-18-31)29-35(42-39)32-19-9-5-10-20-32/h4-5,7-10,13,17-22,29-30,40H,3,6,11-12,14-16,23-28H2,1-2H3,(H,41,43). The molecule has 0 aliphatic rings. The minimum atomic E-state index is 0.0740. The van der Waals surface area contributed by atoms with Gasteiger partial charge in [0.25, 0.3) is 0 Å². The Morgan fingerprint density at radius 1 is 0.674 bits per heavy atom. The molecule has 0 aliphatic carbocycles. The van der Waals surface area contributed by atoms with Gasteiger partial charge >= 0.3 is 0 Å². The number of carbonyl (C=O) groups is 1. The molecule has 46 heavy (non-hydrogen) atoms. The third-order valence-electron chi connectivity index (χ3n) is 7.60. The van der Waals surface area contributed by atoms with E-state index in [-0.39, 0.29) is 5.91 Å². The highest BCUT2D eigenvalue weighted by Gasteiger charge is 2.12. The molecule has 0 fully saturated rings. The zero-order valence-electron chi connectivity index (χ0n) is 27.4. The Kier molecular flexibility index (Phi) is 14.9. The Morgan fingerprint density at radius 2 is 1.33 bits per heavy atom. The molecule has 0 saturated heterocycles. The van der Waals surface area contributed by atoms with Crippen LogP contribution in [-0.2, 0) is 11.2 Å². The molecule has 0 aliphatic heterocycles. The van der Waals surface area contributed by atoms with E-state index in [4.69, 9.17) is 19.2 Å². The summed E-state index contributed by atoms with van der Waals surface area (Å²) in [5.74, 6) is 2.45. The van der Waals surface area contributed by atoms with Crippen LogP contribution in [0.2, 0.25) is 0 Å². The molecule has 0 radical (unpaired) electrons. The maximum Gasteiger partial charge on any atom is 0.220 e. The quantitative estimate of drug-likeness (QED) is 0.0920. The van der Waals surface area contributed by atoms with Crippen LogP contribution in [-0.4, -0.2) is 50.8 Å². The average Bonchev–Trinajstić information content (AvgIpc) is 3.10. The lowest BCUT2D eigenvalue weighted by molar-refractivity contribution is -0.121. The van der Waals surface area contributed by atoms with Crippen molar-refractivity contribution in [1.82, 2.24) is 15.6 Å². The van der Waals surface area contributed by atoms with Gasteiger partial charge < -0.3 is 24.8 Å². The molecular formula is C39H49N3O4. The van der Waals surface area contributed by atoms with E-state index in [9.17, 15) is 4.79 Å². The molecule has 4 rings (SSSR count). The fourth-order valence-electron chi connectivity index (χ4n) is 5.18. The molecule has 0 atom stereocenters. The summed E-state index contributed by atoms with van der Waals surface area (Å²) in [7, 11) is 1.91. The van der Waals surface area contributed by atoms with Gasteiger partial charge in [-0.3, -0.25) is 4.79 Å². The van der Waals surface area contributed by atoms with E-state index in [1.54, 1.807) is 0 Å². The normalized spacial score (nSPS) is 10.8. The molecule has 7 nitrogen and oxygen atoms in total. The van der Waals surface area contributed by atoms with Crippen molar-refractivity contribution in [3.63, 3.8) is 0 Å². The van der Waals surface area contributed by atoms with E-state index < -0.39 is 0 Å². The fourth-order valence-corrected chi connectivity index (χ4v) is 5.18. The zero-order chi connectivity index (χ0) is 32.2. The maximum absolute atomic E-state index is 12.0. The molecule has 0 saturated carbocycles. The van der Waals surface area contributed by atoms with Crippen LogP contribution < -0.4 is 24.8 Å². The molecule has 4 aromatic rings. The third-order valence-corrected chi connectivity index (χ3v) is 7.60. The van der Waals surface area contributed by atoms with Gasteiger partial charge in [-0.15, -0.1) is 0 Å². The Labute approximate surface area is 274 Å². The van der Waals surface area contributed by atoms with Gasteiger partial charge in [-0.25, -0.2) is 4.98 Å². The molecule has 0 unspecified atom stereocenters. The Hall–Kier alpha value is -4.36. The van der Waals surface area contributed by atoms with E-state index in [0.29, 0.717) is 45.1 Å². The number of rotatable bonds is 21. The number of ether oxygens (including phenoxy) is 3. The number of carbonyl (C=O) groups excluding carboxylic acids is 1. The summed E-state index contributed by atoms with van der Waals surface area (Å²) in [6, 6.07) is 30.7. The summed E-state index contributed by atoms with van der Waals surface area (Å²) in [4.78, 5) is 16.9. The maximum atomic E-state index is 12.0. The summed E-state index contributed by atoms with van der Waals surface area (Å²) < 4.78 is 18.5. The van der Waals surface area contributed by atoms with Crippen molar-refractivity contribution in [1.29, 1.82) is 0 Å². The number of aromatic nitrogens is 1. The highest BCUT2D eigenvalue weighted by Crippen LogP contribution is 2.31. The van der Waals surface area contributed by atoms with Gasteiger partial charge in [-0.2, -0.15) is 0 Å². The highest BCUT2D eigenvalue weighted by molar-refractivity contribution is 5.75. The smallest absolute Gasteiger partial charge is 0.220 e. The van der Waals surface area contributed by atoms with Crippen molar-refractivity contribution in [2.24, 2.45) is 0 Å². The van der Waals surface area contributed by atoms with Crippen molar-refractivity contribution in [3.05, 3.63) is 96.6 Å². The van der Waals surface area contributed by atoms with E-state index in [1.807, 2.05) is 67.7 Å². The molecular weight excluding hydrogens is 574 g/mol. The van der Waals surface area contributed by atoms with Gasteiger partial charge in [0.15, 0.2) is 0 Å². The predicted molar refractivity (Wildman–Crippen MR) is 187 cm³/mol. The molecule has 1 amide bonds. The SMILES string of the molecule is CCCc1c(OCCCCCOc2cc(-c3ccccc3)cc(-c3ccccc3)n2)cccc1OCCCC(=O)NCCCNC. The average molecular weight is 624 g/mol. The van der Waals surface area contributed by atoms with Gasteiger partial charge in [-0.05, 0) is 81.4 Å². The van der Waals surface area contributed by atoms with Crippen LogP contribution in [0.4, 0.5) is 0 Å². The minimum Gasteiger partial charge on any atom is -0.493 e. The van der Waals surface area contributed by atoms with Crippen molar-refractivity contribution in [2.75, 3.05) is 40.0 Å². The second-order valence-corrected chi connectivity index (χ2v) is 11.3. The van der Waals surface area contributed by atoms with Gasteiger partial charge in [0, 0.05) is 30.2 Å². The molecule has 7 heteroatoms. The first-order valence-electron chi connectivity index (χ1n) is 16.7. The number of amides is 1. The first kappa shape index (κ1) is 34.5. The number of benzene rings is 3. The number of hydrogen-bond donors (Lipinski definition) is 2. The van der Waals surface area contributed by atoms with E-state index in [1.165, 1.54) is 0 Å². The second kappa shape index (κ2) is 19.9. The Balaban J connectivity index is 1.22. The van der Waals surface area contributed by atoms with Gasteiger partial charge in [0.05, 0.1) is 25.5 Å². The number of unbranched alkanes of at least 4 members (excludes halogenated alkanes) is 2. The second-order valence-electron chi connectivity index (χ2n) is 11.3. The van der Waals surface area contributed by atoms with Crippen LogP contribution in [0.5, 0.6) is 17.4 Å². The first-order valence-corrected chi connectivity index (χ1v) is 16.7. The van der Waals surface area contributed by atoms with Crippen molar-refractivity contribution in [3.8, 4) is 39.8 Å². The summed E-state index contributed by atoms with van der Waals surface area (Å²) in [5.41, 5.74) is 5.30. The van der Waals surface area contributed by atoms with Crippen LogP contribution in [0.3, 0.4) is 0 Å². The Morgan fingerprint density at radius 3 is 2.00 bits per heavy atom. The number of nitrogens with zero attached hydrogens (tertiary/aromatic N) is 1. The van der Waals surface area contributed by atoms with Crippen LogP contribution in [0, 0.1) is 0 Å². The number of pyridine rings is 1. The lowest BCUT2D eigenvalue weighted by atomic mass is 10.0. The monoisotopic (exact) mass is 623 g/mol. The summed E-state index contributed by atoms with van der Waals surface area (Å²) in [6.45, 7) is 5.48. The van der Waals surface area contributed by atoms with E-state index in [2.05, 4.69) is 47.9 Å². The van der Waals surface area contributed by atoms with Gasteiger partial charge in [-0.1, -0.05) is 80.1 Å². The topological polar surface area (TPSA) is 81.7 Å². The largest absolute Gasteiger partial charge is 0.493 e. The van der Waals surface area contributed by atoms with Crippen LogP contribution in [0.25, 0.3) is 22.4 Å². The lowest BCUT2D eigenvalue weighted by Crippen LogP contribution is -2.26. The predicted octanol–water partition coefficient (Wildman–Crippen LogP) is 7.88. The van der Waals surface area contributed by atoms with Crippen molar-refractivity contribution < 1.29 is 19.0 Å². The van der Waals surface area contributed by atoms with Crippen LogP contribution in [0.1, 0.15) is 57.4 Å². The highest BCUT2D eigenvalue weighted by atomic mass is 16.5. The van der Waals surface area contributed by atoms with E-state index in [0.717, 1.165) is 84.5 Å². The molecule has 0 spiro atoms. The fraction of sp³-hybridized carbons (Fsp3) is 0.385. The van der Waals surface area contributed by atoms with Crippen LogP contribution in [0.15, 0.2) is 91.0 Å². The molecule has 0 bridgehead atoms. The van der Waals surface area contributed by atoms with Crippen molar-refractivity contribution in [2.45, 2.75) is 58.3 Å². The first-order chi connectivity index (χ1) is 22.7.